The summed E-state index contributed by atoms with van der Waals surface area (Å²) < 4.78 is 0. The average Bonchev–Trinajstić information content (AvgIpc) is 2.16. The molecule has 1 aromatic carbocycles. The number of H-pyrrole nitrogens is 1. The predicted molar refractivity (Wildman–Crippen MR) is 54.1 cm³/mol. The van der Waals surface area contributed by atoms with Crippen molar-refractivity contribution in [3.05, 3.63) is 40.7 Å². The molecule has 0 spiro atoms. The maximum Gasteiger partial charge on any atom is 0.248 e. The van der Waals surface area contributed by atoms with Gasteiger partial charge in [0.2, 0.25) is 5.56 Å². The fraction of sp³-hybridized carbons (Fsp3) is 0.100. The lowest BCUT2D eigenvalue weighted by molar-refractivity contribution is 1.31. The zero-order chi connectivity index (χ0) is 9.26. The second-order valence-electron chi connectivity index (χ2n) is 2.84. The number of nitrogens with one attached hydrogen (secondary N) is 2. The van der Waals surface area contributed by atoms with E-state index in [-0.39, 0.29) is 5.56 Å². The van der Waals surface area contributed by atoms with Gasteiger partial charge in [-0.15, -0.1) is 0 Å². The quantitative estimate of drug-likeness (QED) is 0.689. The van der Waals surface area contributed by atoms with E-state index in [0.29, 0.717) is 0 Å². The smallest absolute Gasteiger partial charge is 0.248 e. The predicted octanol–water partition coefficient (Wildman–Crippen LogP) is 1.57. The molecule has 2 rings (SSSR count). The molecule has 0 unspecified atom stereocenters. The second-order valence-corrected chi connectivity index (χ2v) is 2.84. The number of aromatic amines is 1. The molecular weight excluding hydrogens is 164 g/mol. The largest absolute Gasteiger partial charge is 0.388 e. The highest BCUT2D eigenvalue weighted by atomic mass is 16.1. The SMILES string of the molecule is CNc1cccc2[nH]c(=O)ccc12. The molecule has 0 bridgehead atoms. The molecule has 1 aromatic heterocycles. The van der Waals surface area contributed by atoms with Crippen LogP contribution in [0.15, 0.2) is 35.1 Å². The number of pyridine rings is 1. The van der Waals surface area contributed by atoms with Gasteiger partial charge >= 0.3 is 0 Å². The topological polar surface area (TPSA) is 44.9 Å². The van der Waals surface area contributed by atoms with Crippen LogP contribution in [0.3, 0.4) is 0 Å². The first-order valence-electron chi connectivity index (χ1n) is 4.11. The van der Waals surface area contributed by atoms with Crippen LogP contribution in [0.4, 0.5) is 5.69 Å². The summed E-state index contributed by atoms with van der Waals surface area (Å²) in [5, 5.41) is 4.10. The second kappa shape index (κ2) is 2.94. The van der Waals surface area contributed by atoms with Crippen molar-refractivity contribution in [1.29, 1.82) is 0 Å². The lowest BCUT2D eigenvalue weighted by Crippen LogP contribution is -2.03. The number of anilines is 1. The lowest BCUT2D eigenvalue weighted by Gasteiger charge is -2.03. The van der Waals surface area contributed by atoms with Crippen molar-refractivity contribution in [2.75, 3.05) is 12.4 Å². The van der Waals surface area contributed by atoms with Crippen LogP contribution in [-0.4, -0.2) is 12.0 Å². The summed E-state index contributed by atoms with van der Waals surface area (Å²) in [7, 11) is 1.86. The summed E-state index contributed by atoms with van der Waals surface area (Å²) in [6.07, 6.45) is 0. The van der Waals surface area contributed by atoms with Crippen LogP contribution < -0.4 is 10.9 Å². The fourth-order valence-corrected chi connectivity index (χ4v) is 1.41. The summed E-state index contributed by atoms with van der Waals surface area (Å²) >= 11 is 0. The minimum absolute atomic E-state index is 0.0687. The molecule has 2 aromatic rings. The molecule has 66 valence electrons. The first-order valence-corrected chi connectivity index (χ1v) is 4.11. The van der Waals surface area contributed by atoms with Crippen molar-refractivity contribution in [2.24, 2.45) is 0 Å². The summed E-state index contributed by atoms with van der Waals surface area (Å²) in [4.78, 5) is 13.8. The highest BCUT2D eigenvalue weighted by Crippen LogP contribution is 2.19. The maximum absolute atomic E-state index is 11.0. The Bertz CT molecular complexity index is 487. The van der Waals surface area contributed by atoms with E-state index in [1.54, 1.807) is 0 Å². The Hall–Kier alpha value is -1.77. The van der Waals surface area contributed by atoms with E-state index < -0.39 is 0 Å². The van der Waals surface area contributed by atoms with E-state index in [4.69, 9.17) is 0 Å². The zero-order valence-corrected chi connectivity index (χ0v) is 7.29. The molecule has 0 atom stereocenters. The van der Waals surface area contributed by atoms with E-state index >= 15 is 0 Å². The highest BCUT2D eigenvalue weighted by Gasteiger charge is 1.97. The Balaban J connectivity index is 2.85. The van der Waals surface area contributed by atoms with Crippen LogP contribution in [0.2, 0.25) is 0 Å². The van der Waals surface area contributed by atoms with Crippen molar-refractivity contribution in [3.8, 4) is 0 Å². The summed E-state index contributed by atoms with van der Waals surface area (Å²) in [6.45, 7) is 0. The molecule has 3 nitrogen and oxygen atoms in total. The minimum Gasteiger partial charge on any atom is -0.388 e. The van der Waals surface area contributed by atoms with Gasteiger partial charge in [0.25, 0.3) is 0 Å². The van der Waals surface area contributed by atoms with Gasteiger partial charge < -0.3 is 10.3 Å². The van der Waals surface area contributed by atoms with Gasteiger partial charge in [0, 0.05) is 24.2 Å². The fourth-order valence-electron chi connectivity index (χ4n) is 1.41. The number of rotatable bonds is 1. The van der Waals surface area contributed by atoms with E-state index in [0.717, 1.165) is 16.6 Å². The van der Waals surface area contributed by atoms with Gasteiger partial charge in [0.05, 0.1) is 5.52 Å². The van der Waals surface area contributed by atoms with Gasteiger partial charge in [0.15, 0.2) is 0 Å². The summed E-state index contributed by atoms with van der Waals surface area (Å²) in [6, 6.07) is 9.12. The molecule has 2 N–H and O–H groups in total. The van der Waals surface area contributed by atoms with E-state index in [9.17, 15) is 4.79 Å². The molecule has 0 aliphatic carbocycles. The van der Waals surface area contributed by atoms with E-state index in [1.807, 2.05) is 31.3 Å². The molecular formula is C10H10N2O. The monoisotopic (exact) mass is 174 g/mol. The molecule has 1 heterocycles. The van der Waals surface area contributed by atoms with Crippen LogP contribution >= 0.6 is 0 Å². The first-order chi connectivity index (χ1) is 6.31. The molecule has 0 saturated heterocycles. The van der Waals surface area contributed by atoms with Gasteiger partial charge in [-0.2, -0.15) is 0 Å². The molecule has 0 amide bonds. The molecule has 0 radical (unpaired) electrons. The Morgan fingerprint density at radius 1 is 1.23 bits per heavy atom. The van der Waals surface area contributed by atoms with Crippen molar-refractivity contribution < 1.29 is 0 Å². The van der Waals surface area contributed by atoms with Gasteiger partial charge in [0.1, 0.15) is 0 Å². The Labute approximate surface area is 75.4 Å². The van der Waals surface area contributed by atoms with Crippen LogP contribution in [0.25, 0.3) is 10.9 Å². The normalized spacial score (nSPS) is 10.2. The van der Waals surface area contributed by atoms with Crippen molar-refractivity contribution in [1.82, 2.24) is 4.98 Å². The maximum atomic E-state index is 11.0. The number of fused-ring (bicyclic) bond motifs is 1. The third-order valence-corrected chi connectivity index (χ3v) is 2.03. The van der Waals surface area contributed by atoms with Crippen LogP contribution in [0.1, 0.15) is 0 Å². The van der Waals surface area contributed by atoms with Crippen LogP contribution in [0.5, 0.6) is 0 Å². The van der Waals surface area contributed by atoms with Gasteiger partial charge in [-0.1, -0.05) is 6.07 Å². The van der Waals surface area contributed by atoms with Gasteiger partial charge in [-0.05, 0) is 18.2 Å². The molecule has 13 heavy (non-hydrogen) atoms. The van der Waals surface area contributed by atoms with Gasteiger partial charge in [-0.3, -0.25) is 4.79 Å². The van der Waals surface area contributed by atoms with Crippen LogP contribution in [0, 0.1) is 0 Å². The number of benzene rings is 1. The Morgan fingerprint density at radius 3 is 2.85 bits per heavy atom. The van der Waals surface area contributed by atoms with Crippen molar-refractivity contribution in [2.45, 2.75) is 0 Å². The number of aromatic nitrogens is 1. The standard InChI is InChI=1S/C10H10N2O/c1-11-8-3-2-4-9-7(8)5-6-10(13)12-9/h2-6,11H,1H3,(H,12,13). The first kappa shape index (κ1) is 7.86. The molecule has 0 aliphatic heterocycles. The average molecular weight is 174 g/mol. The Kier molecular flexibility index (Phi) is 1.77. The third kappa shape index (κ3) is 1.28. The third-order valence-electron chi connectivity index (χ3n) is 2.03. The minimum atomic E-state index is -0.0687. The molecule has 0 fully saturated rings. The van der Waals surface area contributed by atoms with Crippen LogP contribution in [-0.2, 0) is 0 Å². The Morgan fingerprint density at radius 2 is 2.08 bits per heavy atom. The molecule has 0 aliphatic rings. The van der Waals surface area contributed by atoms with E-state index in [1.165, 1.54) is 6.07 Å². The molecule has 0 saturated carbocycles. The summed E-state index contributed by atoms with van der Waals surface area (Å²) in [5.74, 6) is 0. The summed E-state index contributed by atoms with van der Waals surface area (Å²) in [5.41, 5.74) is 1.81. The molecule has 3 heteroatoms. The van der Waals surface area contributed by atoms with Crippen molar-refractivity contribution in [3.63, 3.8) is 0 Å². The number of hydrogen-bond donors (Lipinski definition) is 2. The van der Waals surface area contributed by atoms with Gasteiger partial charge in [-0.25, -0.2) is 0 Å². The van der Waals surface area contributed by atoms with Crippen molar-refractivity contribution >= 4 is 16.6 Å². The zero-order valence-electron chi connectivity index (χ0n) is 7.29. The number of hydrogen-bond acceptors (Lipinski definition) is 2. The lowest BCUT2D eigenvalue weighted by atomic mass is 10.2. The highest BCUT2D eigenvalue weighted by molar-refractivity contribution is 5.90. The van der Waals surface area contributed by atoms with E-state index in [2.05, 4.69) is 10.3 Å².